The normalized spacial score (nSPS) is 18.4. The van der Waals surface area contributed by atoms with E-state index in [1.807, 2.05) is 20.8 Å². The summed E-state index contributed by atoms with van der Waals surface area (Å²) in [5.41, 5.74) is 0.399. The van der Waals surface area contributed by atoms with Crippen LogP contribution in [0.4, 0.5) is 9.18 Å². The molecule has 1 aromatic carbocycles. The molecule has 1 aromatic rings. The van der Waals surface area contributed by atoms with Gasteiger partial charge in [0.1, 0.15) is 11.4 Å². The van der Waals surface area contributed by atoms with Gasteiger partial charge >= 0.3 is 6.09 Å². The zero-order valence-electron chi connectivity index (χ0n) is 13.5. The second kappa shape index (κ2) is 6.07. The molecule has 0 radical (unpaired) electrons. The summed E-state index contributed by atoms with van der Waals surface area (Å²) in [4.78, 5) is 26.0. The number of likely N-dealkylation sites (tertiary alicyclic amines) is 1. The summed E-state index contributed by atoms with van der Waals surface area (Å²) in [7, 11) is 0. The number of amides is 1. The van der Waals surface area contributed by atoms with Crippen molar-refractivity contribution in [1.82, 2.24) is 4.90 Å². The van der Waals surface area contributed by atoms with E-state index < -0.39 is 11.7 Å². The van der Waals surface area contributed by atoms with Crippen LogP contribution in [0.5, 0.6) is 0 Å². The van der Waals surface area contributed by atoms with E-state index in [1.165, 1.54) is 12.1 Å². The molecule has 0 saturated carbocycles. The number of carbonyl (C=O) groups is 2. The number of rotatable bonds is 2. The molecule has 0 unspecified atom stereocenters. The van der Waals surface area contributed by atoms with Gasteiger partial charge < -0.3 is 9.64 Å². The lowest BCUT2D eigenvalue weighted by atomic mass is 9.96. The molecule has 5 heteroatoms. The maximum absolute atomic E-state index is 13.3. The minimum Gasteiger partial charge on any atom is -0.444 e. The quantitative estimate of drug-likeness (QED) is 0.785. The highest BCUT2D eigenvalue weighted by atomic mass is 19.1. The first-order valence-electron chi connectivity index (χ1n) is 7.45. The van der Waals surface area contributed by atoms with Crippen molar-refractivity contribution in [2.75, 3.05) is 13.1 Å². The molecule has 120 valence electrons. The van der Waals surface area contributed by atoms with Crippen molar-refractivity contribution < 1.29 is 18.7 Å². The van der Waals surface area contributed by atoms with Crippen LogP contribution >= 0.6 is 0 Å². The van der Waals surface area contributed by atoms with Crippen molar-refractivity contribution in [2.45, 2.75) is 39.7 Å². The van der Waals surface area contributed by atoms with Crippen LogP contribution in [0.1, 0.15) is 43.1 Å². The lowest BCUT2D eigenvalue weighted by molar-refractivity contribution is 0.0289. The maximum atomic E-state index is 13.3. The van der Waals surface area contributed by atoms with Gasteiger partial charge in [-0.25, -0.2) is 9.18 Å². The molecule has 1 fully saturated rings. The molecule has 0 spiro atoms. The smallest absolute Gasteiger partial charge is 0.410 e. The maximum Gasteiger partial charge on any atom is 0.410 e. The van der Waals surface area contributed by atoms with Crippen LogP contribution in [0.2, 0.25) is 0 Å². The Hall–Kier alpha value is -1.91. The second-order valence-corrected chi connectivity index (χ2v) is 6.74. The van der Waals surface area contributed by atoms with Gasteiger partial charge in [0, 0.05) is 24.6 Å². The number of nitrogens with zero attached hydrogens (tertiary/aromatic N) is 1. The van der Waals surface area contributed by atoms with Crippen molar-refractivity contribution >= 4 is 11.9 Å². The Morgan fingerprint density at radius 3 is 2.59 bits per heavy atom. The van der Waals surface area contributed by atoms with Crippen molar-refractivity contribution in [1.29, 1.82) is 0 Å². The highest BCUT2D eigenvalue weighted by molar-refractivity contribution is 5.98. The molecule has 0 aliphatic carbocycles. The molecule has 1 heterocycles. The lowest BCUT2D eigenvalue weighted by Crippen LogP contribution is -2.35. The Bertz CT molecular complexity index is 592. The van der Waals surface area contributed by atoms with E-state index in [0.29, 0.717) is 30.6 Å². The fraction of sp³-hybridized carbons (Fsp3) is 0.529. The standard InChI is InChI=1S/C17H22FNO3/c1-11-9-12(5-6-14(11)18)15(20)13-7-8-19(10-13)16(21)22-17(2,3)4/h5-6,9,13H,7-8,10H2,1-4H3/t13-/m0/s1. The van der Waals surface area contributed by atoms with Crippen molar-refractivity contribution in [3.05, 3.63) is 35.1 Å². The van der Waals surface area contributed by atoms with Crippen LogP contribution in [0.15, 0.2) is 18.2 Å². The van der Waals surface area contributed by atoms with Gasteiger partial charge in [0.15, 0.2) is 5.78 Å². The van der Waals surface area contributed by atoms with Crippen LogP contribution in [0.25, 0.3) is 0 Å². The summed E-state index contributed by atoms with van der Waals surface area (Å²) in [5.74, 6) is -0.620. The van der Waals surface area contributed by atoms with Gasteiger partial charge in [0.2, 0.25) is 0 Å². The summed E-state index contributed by atoms with van der Waals surface area (Å²) in [6, 6.07) is 4.37. The summed E-state index contributed by atoms with van der Waals surface area (Å²) < 4.78 is 18.6. The molecule has 4 nitrogen and oxygen atoms in total. The number of Topliss-reactive ketones (excluding diaryl/α,β-unsaturated/α-hetero) is 1. The highest BCUT2D eigenvalue weighted by Gasteiger charge is 2.33. The molecule has 1 aliphatic heterocycles. The molecule has 1 saturated heterocycles. The fourth-order valence-electron chi connectivity index (χ4n) is 2.50. The number of carbonyl (C=O) groups excluding carboxylic acids is 2. The molecule has 0 aromatic heterocycles. The number of ketones is 1. The number of benzene rings is 1. The van der Waals surface area contributed by atoms with E-state index in [2.05, 4.69) is 0 Å². The molecular weight excluding hydrogens is 285 g/mol. The van der Waals surface area contributed by atoms with Gasteiger partial charge in [-0.2, -0.15) is 0 Å². The molecule has 1 atom stereocenters. The van der Waals surface area contributed by atoms with E-state index >= 15 is 0 Å². The molecular formula is C17H22FNO3. The van der Waals surface area contributed by atoms with E-state index in [0.717, 1.165) is 0 Å². The van der Waals surface area contributed by atoms with Gasteiger partial charge in [-0.15, -0.1) is 0 Å². The third-order valence-electron chi connectivity index (χ3n) is 3.65. The molecule has 22 heavy (non-hydrogen) atoms. The second-order valence-electron chi connectivity index (χ2n) is 6.74. The molecule has 0 bridgehead atoms. The number of hydrogen-bond acceptors (Lipinski definition) is 3. The van der Waals surface area contributed by atoms with Crippen LogP contribution < -0.4 is 0 Å². The Kier molecular flexibility index (Phi) is 4.54. The number of halogens is 1. The average Bonchev–Trinajstić information content (AvgIpc) is 2.89. The van der Waals surface area contributed by atoms with Crippen molar-refractivity contribution in [3.8, 4) is 0 Å². The predicted octanol–water partition coefficient (Wildman–Crippen LogP) is 3.57. The van der Waals surface area contributed by atoms with Crippen LogP contribution in [-0.2, 0) is 4.74 Å². The van der Waals surface area contributed by atoms with Gasteiger partial charge in [-0.1, -0.05) is 0 Å². The third-order valence-corrected chi connectivity index (χ3v) is 3.65. The summed E-state index contributed by atoms with van der Waals surface area (Å²) in [5, 5.41) is 0. The van der Waals surface area contributed by atoms with Crippen molar-refractivity contribution in [3.63, 3.8) is 0 Å². The molecule has 1 aliphatic rings. The summed E-state index contributed by atoms with van der Waals surface area (Å²) in [6.45, 7) is 7.92. The zero-order chi connectivity index (χ0) is 16.5. The first kappa shape index (κ1) is 16.5. The first-order chi connectivity index (χ1) is 10.2. The zero-order valence-corrected chi connectivity index (χ0v) is 13.5. The van der Waals surface area contributed by atoms with Crippen LogP contribution in [-0.4, -0.2) is 35.5 Å². The largest absolute Gasteiger partial charge is 0.444 e. The van der Waals surface area contributed by atoms with E-state index in [-0.39, 0.29) is 17.5 Å². The monoisotopic (exact) mass is 307 g/mol. The first-order valence-corrected chi connectivity index (χ1v) is 7.45. The molecule has 1 amide bonds. The Labute approximate surface area is 130 Å². The Balaban J connectivity index is 2.02. The average molecular weight is 307 g/mol. The lowest BCUT2D eigenvalue weighted by Gasteiger charge is -2.24. The van der Waals surface area contributed by atoms with Crippen molar-refractivity contribution in [2.24, 2.45) is 5.92 Å². The molecule has 0 N–H and O–H groups in total. The van der Waals surface area contributed by atoms with E-state index in [9.17, 15) is 14.0 Å². The van der Waals surface area contributed by atoms with E-state index in [4.69, 9.17) is 4.74 Å². The van der Waals surface area contributed by atoms with Gasteiger partial charge in [0.05, 0.1) is 0 Å². The topological polar surface area (TPSA) is 46.6 Å². The minimum atomic E-state index is -0.548. The minimum absolute atomic E-state index is 0.0471. The number of ether oxygens (including phenoxy) is 1. The highest BCUT2D eigenvalue weighted by Crippen LogP contribution is 2.23. The predicted molar refractivity (Wildman–Crippen MR) is 81.4 cm³/mol. The van der Waals surface area contributed by atoms with Gasteiger partial charge in [-0.05, 0) is 57.9 Å². The number of aryl methyl sites for hydroxylation is 1. The SMILES string of the molecule is Cc1cc(C(=O)[C@H]2CCN(C(=O)OC(C)(C)C)C2)ccc1F. The Morgan fingerprint density at radius 1 is 1.32 bits per heavy atom. The number of hydrogen-bond donors (Lipinski definition) is 0. The molecule has 2 rings (SSSR count). The van der Waals surface area contributed by atoms with Gasteiger partial charge in [0.25, 0.3) is 0 Å². The van der Waals surface area contributed by atoms with E-state index in [1.54, 1.807) is 17.9 Å². The van der Waals surface area contributed by atoms with Gasteiger partial charge in [-0.3, -0.25) is 4.79 Å². The summed E-state index contributed by atoms with van der Waals surface area (Å²) in [6.07, 6.45) is 0.215. The van der Waals surface area contributed by atoms with Crippen LogP contribution in [0.3, 0.4) is 0 Å². The third kappa shape index (κ3) is 3.84. The van der Waals surface area contributed by atoms with Crippen LogP contribution in [0, 0.1) is 18.7 Å². The summed E-state index contributed by atoms with van der Waals surface area (Å²) >= 11 is 0. The Morgan fingerprint density at radius 2 is 2.00 bits per heavy atom. The fourth-order valence-corrected chi connectivity index (χ4v) is 2.50.